The zero-order chi connectivity index (χ0) is 13.1. The maximum absolute atomic E-state index is 11.5. The van der Waals surface area contributed by atoms with Crippen molar-refractivity contribution in [3.63, 3.8) is 0 Å². The van der Waals surface area contributed by atoms with E-state index in [4.69, 9.17) is 10.8 Å². The second kappa shape index (κ2) is 4.84. The highest BCUT2D eigenvalue weighted by Crippen LogP contribution is 2.05. The summed E-state index contributed by atoms with van der Waals surface area (Å²) in [6, 6.07) is 0. The normalized spacial score (nSPS) is 10.7. The third-order valence-corrected chi connectivity index (χ3v) is 2.24. The van der Waals surface area contributed by atoms with Crippen LogP contribution < -0.4 is 16.6 Å². The zero-order valence-electron chi connectivity index (χ0n) is 9.38. The van der Waals surface area contributed by atoms with Gasteiger partial charge in [0.2, 0.25) is 11.9 Å². The first kappa shape index (κ1) is 12.0. The van der Waals surface area contributed by atoms with Crippen LogP contribution >= 0.6 is 0 Å². The fourth-order valence-electron chi connectivity index (χ4n) is 1.49. The third kappa shape index (κ3) is 2.30. The molecule has 0 aliphatic heterocycles. The number of nitrogen functional groups attached to an aromatic ring is 1. The zero-order valence-corrected chi connectivity index (χ0v) is 9.38. The molecule has 0 aliphatic rings. The van der Waals surface area contributed by atoms with Crippen molar-refractivity contribution in [3.8, 4) is 0 Å². The van der Waals surface area contributed by atoms with E-state index in [-0.39, 0.29) is 42.7 Å². The van der Waals surface area contributed by atoms with Crippen molar-refractivity contribution in [1.82, 2.24) is 24.8 Å². The predicted octanol–water partition coefficient (Wildman–Crippen LogP) is -2.19. The van der Waals surface area contributed by atoms with Gasteiger partial charge in [0.1, 0.15) is 6.54 Å². The number of nitrogens with two attached hydrogens (primary N) is 1. The van der Waals surface area contributed by atoms with Crippen molar-refractivity contribution in [1.29, 1.82) is 0 Å². The van der Waals surface area contributed by atoms with E-state index in [1.165, 1.54) is 10.9 Å². The van der Waals surface area contributed by atoms with Crippen LogP contribution in [0.25, 0.3) is 11.2 Å². The number of aliphatic hydroxyl groups excluding tert-OH is 1. The summed E-state index contributed by atoms with van der Waals surface area (Å²) in [6.45, 7) is -0.0186. The number of nitrogens with zero attached hydrogens (tertiary/aromatic N) is 3. The molecule has 0 saturated carbocycles. The second-order valence-corrected chi connectivity index (χ2v) is 3.57. The molecule has 0 spiro atoms. The van der Waals surface area contributed by atoms with Crippen LogP contribution in [0.2, 0.25) is 0 Å². The number of anilines is 1. The van der Waals surface area contributed by atoms with Crippen molar-refractivity contribution in [3.05, 3.63) is 16.7 Å². The minimum atomic E-state index is -0.452. The van der Waals surface area contributed by atoms with Gasteiger partial charge in [0.05, 0.1) is 12.9 Å². The Balaban J connectivity index is 2.29. The monoisotopic (exact) mass is 252 g/mol. The second-order valence-electron chi connectivity index (χ2n) is 3.57. The van der Waals surface area contributed by atoms with E-state index in [9.17, 15) is 9.59 Å². The van der Waals surface area contributed by atoms with Crippen LogP contribution in [0.5, 0.6) is 0 Å². The Labute approximate surface area is 101 Å². The van der Waals surface area contributed by atoms with Crippen molar-refractivity contribution in [2.75, 3.05) is 18.9 Å². The van der Waals surface area contributed by atoms with Gasteiger partial charge in [0, 0.05) is 6.54 Å². The standard InChI is InChI=1S/C9H12N6O3/c10-9-13-7-6(8(18)14-9)12-4-15(7)3-5(17)11-1-2-16/h4,16H,1-3H2,(H,11,17)(H3,10,13,14,18). The van der Waals surface area contributed by atoms with Crippen molar-refractivity contribution < 1.29 is 9.90 Å². The first-order valence-corrected chi connectivity index (χ1v) is 5.20. The van der Waals surface area contributed by atoms with Crippen LogP contribution in [-0.2, 0) is 11.3 Å². The number of H-pyrrole nitrogens is 1. The molecule has 2 aromatic rings. The number of carbonyl (C=O) groups excluding carboxylic acids is 1. The molecule has 0 aliphatic carbocycles. The fraction of sp³-hybridized carbons (Fsp3) is 0.333. The molecule has 18 heavy (non-hydrogen) atoms. The molecule has 9 nitrogen and oxygen atoms in total. The molecule has 0 bridgehead atoms. The molecule has 0 saturated heterocycles. The molecule has 2 heterocycles. The van der Waals surface area contributed by atoms with Gasteiger partial charge in [-0.2, -0.15) is 4.98 Å². The molecule has 2 rings (SSSR count). The summed E-state index contributed by atoms with van der Waals surface area (Å²) in [5.74, 6) is -0.353. The number of aliphatic hydroxyl groups is 1. The number of carbonyl (C=O) groups is 1. The lowest BCUT2D eigenvalue weighted by atomic mass is 10.5. The van der Waals surface area contributed by atoms with Crippen LogP contribution in [0.15, 0.2) is 11.1 Å². The Kier molecular flexibility index (Phi) is 3.24. The first-order valence-electron chi connectivity index (χ1n) is 5.20. The maximum atomic E-state index is 11.5. The highest BCUT2D eigenvalue weighted by atomic mass is 16.3. The molecule has 0 atom stereocenters. The number of nitrogens with one attached hydrogen (secondary N) is 2. The van der Waals surface area contributed by atoms with Gasteiger partial charge >= 0.3 is 0 Å². The molecule has 2 aromatic heterocycles. The summed E-state index contributed by atoms with van der Waals surface area (Å²) in [7, 11) is 0. The largest absolute Gasteiger partial charge is 0.395 e. The molecular formula is C9H12N6O3. The van der Waals surface area contributed by atoms with Crippen LogP contribution in [0.3, 0.4) is 0 Å². The van der Waals surface area contributed by atoms with Crippen LogP contribution in [0.1, 0.15) is 0 Å². The number of hydrogen-bond donors (Lipinski definition) is 4. The lowest BCUT2D eigenvalue weighted by molar-refractivity contribution is -0.121. The number of aromatic amines is 1. The summed E-state index contributed by atoms with van der Waals surface area (Å²) >= 11 is 0. The SMILES string of the molecule is Nc1nc2c(ncn2CC(=O)NCCO)c(=O)[nH]1. The van der Waals surface area contributed by atoms with Gasteiger partial charge < -0.3 is 20.7 Å². The third-order valence-electron chi connectivity index (χ3n) is 2.24. The average molecular weight is 252 g/mol. The van der Waals surface area contributed by atoms with E-state index in [0.717, 1.165) is 0 Å². The molecule has 9 heteroatoms. The number of aromatic nitrogens is 4. The van der Waals surface area contributed by atoms with Gasteiger partial charge in [0.25, 0.3) is 5.56 Å². The van der Waals surface area contributed by atoms with E-state index in [1.54, 1.807) is 0 Å². The lowest BCUT2D eigenvalue weighted by Crippen LogP contribution is -2.29. The maximum Gasteiger partial charge on any atom is 0.280 e. The average Bonchev–Trinajstić information content (AvgIpc) is 2.70. The number of amides is 1. The molecule has 5 N–H and O–H groups in total. The van der Waals surface area contributed by atoms with E-state index in [0.29, 0.717) is 0 Å². The summed E-state index contributed by atoms with van der Waals surface area (Å²) < 4.78 is 1.41. The van der Waals surface area contributed by atoms with E-state index >= 15 is 0 Å². The van der Waals surface area contributed by atoms with Crippen LogP contribution in [0, 0.1) is 0 Å². The first-order chi connectivity index (χ1) is 8.61. The van der Waals surface area contributed by atoms with Crippen molar-refractivity contribution in [2.45, 2.75) is 6.54 Å². The summed E-state index contributed by atoms with van der Waals surface area (Å²) in [5.41, 5.74) is 5.34. The fourth-order valence-corrected chi connectivity index (χ4v) is 1.49. The smallest absolute Gasteiger partial charge is 0.280 e. The molecule has 0 aromatic carbocycles. The Morgan fingerprint density at radius 2 is 2.39 bits per heavy atom. The molecule has 0 radical (unpaired) electrons. The van der Waals surface area contributed by atoms with E-state index < -0.39 is 5.56 Å². The number of hydrogen-bond acceptors (Lipinski definition) is 6. The van der Waals surface area contributed by atoms with E-state index in [2.05, 4.69) is 20.3 Å². The predicted molar refractivity (Wildman–Crippen MR) is 62.7 cm³/mol. The summed E-state index contributed by atoms with van der Waals surface area (Å²) in [5, 5.41) is 11.1. The molecule has 0 unspecified atom stereocenters. The van der Waals surface area contributed by atoms with Gasteiger partial charge in [-0.3, -0.25) is 14.6 Å². The Morgan fingerprint density at radius 3 is 3.11 bits per heavy atom. The number of fused-ring (bicyclic) bond motifs is 1. The van der Waals surface area contributed by atoms with Gasteiger partial charge in [-0.05, 0) is 0 Å². The number of rotatable bonds is 4. The van der Waals surface area contributed by atoms with E-state index in [1.807, 2.05) is 0 Å². The quantitative estimate of drug-likeness (QED) is 0.487. The van der Waals surface area contributed by atoms with Crippen molar-refractivity contribution in [2.24, 2.45) is 0 Å². The molecule has 96 valence electrons. The summed E-state index contributed by atoms with van der Waals surface area (Å²) in [6.07, 6.45) is 1.34. The van der Waals surface area contributed by atoms with Gasteiger partial charge in [-0.15, -0.1) is 0 Å². The van der Waals surface area contributed by atoms with Crippen molar-refractivity contribution >= 4 is 23.0 Å². The highest BCUT2D eigenvalue weighted by Gasteiger charge is 2.11. The number of imidazole rings is 1. The molecule has 1 amide bonds. The van der Waals surface area contributed by atoms with Crippen LogP contribution in [-0.4, -0.2) is 43.7 Å². The van der Waals surface area contributed by atoms with Gasteiger partial charge in [0.15, 0.2) is 11.2 Å². The lowest BCUT2D eigenvalue weighted by Gasteiger charge is -2.04. The minimum Gasteiger partial charge on any atom is -0.395 e. The van der Waals surface area contributed by atoms with Gasteiger partial charge in [-0.25, -0.2) is 4.98 Å². The Morgan fingerprint density at radius 1 is 1.61 bits per heavy atom. The summed E-state index contributed by atoms with van der Waals surface area (Å²) in [4.78, 5) is 33.1. The highest BCUT2D eigenvalue weighted by molar-refractivity contribution is 5.78. The Hall–Kier alpha value is -2.42. The topological polar surface area (TPSA) is 139 Å². The minimum absolute atomic E-state index is 0.0370. The van der Waals surface area contributed by atoms with Crippen LogP contribution in [0.4, 0.5) is 5.95 Å². The van der Waals surface area contributed by atoms with Gasteiger partial charge in [-0.1, -0.05) is 0 Å². The molecule has 0 fully saturated rings. The Bertz CT molecular complexity index is 631. The molecular weight excluding hydrogens is 240 g/mol.